The van der Waals surface area contributed by atoms with Crippen LogP contribution in [-0.4, -0.2) is 11.0 Å². The number of rotatable bonds is 3. The molecule has 0 saturated heterocycles. The molecule has 1 spiro atoms. The average molecular weight is 432 g/mol. The second kappa shape index (κ2) is 7.72. The Morgan fingerprint density at radius 1 is 0.758 bits per heavy atom. The normalized spacial score (nSPS) is 23.4. The van der Waals surface area contributed by atoms with Crippen molar-refractivity contribution in [2.75, 3.05) is 4.90 Å². The largest absolute Gasteiger partial charge is 0.388 e. The van der Waals surface area contributed by atoms with Crippen LogP contribution in [0.5, 0.6) is 0 Å². The summed E-state index contributed by atoms with van der Waals surface area (Å²) in [5.41, 5.74) is 5.06. The van der Waals surface area contributed by atoms with Gasteiger partial charge in [-0.25, -0.2) is 0 Å². The lowest BCUT2D eigenvalue weighted by atomic mass is 9.58. The zero-order chi connectivity index (χ0) is 22.4. The standard InChI is InChI=1S/C30H25NO2/c32-28-19-26(22-13-5-2-6-14-22)30(24-16-8-7-15-23(24)28)25-17-9-10-18-27(25)31(29(30)33)20-21-11-3-1-4-12-21/h1-18,26,28,32H,19-20H2/t26-,28-,30-/m1/s1. The Kier molecular flexibility index (Phi) is 4.67. The Hall–Kier alpha value is -3.69. The van der Waals surface area contributed by atoms with Crippen molar-refractivity contribution in [2.45, 2.75) is 30.4 Å². The zero-order valence-corrected chi connectivity index (χ0v) is 18.3. The first kappa shape index (κ1) is 20.0. The molecule has 33 heavy (non-hydrogen) atoms. The van der Waals surface area contributed by atoms with E-state index in [1.165, 1.54) is 0 Å². The van der Waals surface area contributed by atoms with Gasteiger partial charge < -0.3 is 10.0 Å². The Bertz CT molecular complexity index is 1320. The maximum absolute atomic E-state index is 14.6. The summed E-state index contributed by atoms with van der Waals surface area (Å²) in [7, 11) is 0. The third-order valence-electron chi connectivity index (χ3n) is 7.31. The fraction of sp³-hybridized carbons (Fsp3) is 0.167. The highest BCUT2D eigenvalue weighted by atomic mass is 16.3. The molecular weight excluding hydrogens is 406 g/mol. The monoisotopic (exact) mass is 431 g/mol. The van der Waals surface area contributed by atoms with Crippen molar-refractivity contribution in [3.05, 3.63) is 137 Å². The van der Waals surface area contributed by atoms with Crippen LogP contribution in [0.3, 0.4) is 0 Å². The topological polar surface area (TPSA) is 40.5 Å². The predicted octanol–water partition coefficient (Wildman–Crippen LogP) is 5.74. The number of aliphatic hydroxyl groups excluding tert-OH is 1. The number of aliphatic hydroxyl groups is 1. The van der Waals surface area contributed by atoms with Gasteiger partial charge in [0.1, 0.15) is 5.41 Å². The van der Waals surface area contributed by atoms with Gasteiger partial charge in [-0.2, -0.15) is 0 Å². The van der Waals surface area contributed by atoms with E-state index in [1.807, 2.05) is 77.7 Å². The van der Waals surface area contributed by atoms with Crippen LogP contribution in [0.2, 0.25) is 0 Å². The van der Waals surface area contributed by atoms with Gasteiger partial charge in [0.15, 0.2) is 0 Å². The molecule has 2 aliphatic rings. The van der Waals surface area contributed by atoms with E-state index in [4.69, 9.17) is 0 Å². The molecule has 1 aliphatic carbocycles. The summed E-state index contributed by atoms with van der Waals surface area (Å²) in [6.45, 7) is 0.519. The van der Waals surface area contributed by atoms with Gasteiger partial charge >= 0.3 is 0 Å². The smallest absolute Gasteiger partial charge is 0.243 e. The molecule has 1 heterocycles. The van der Waals surface area contributed by atoms with Crippen molar-refractivity contribution in [1.29, 1.82) is 0 Å². The predicted molar refractivity (Wildman–Crippen MR) is 130 cm³/mol. The average Bonchev–Trinajstić information content (AvgIpc) is 3.11. The highest BCUT2D eigenvalue weighted by Gasteiger charge is 2.60. The van der Waals surface area contributed by atoms with E-state index in [1.54, 1.807) is 0 Å². The van der Waals surface area contributed by atoms with E-state index in [-0.39, 0.29) is 11.8 Å². The van der Waals surface area contributed by atoms with E-state index >= 15 is 0 Å². The van der Waals surface area contributed by atoms with E-state index in [2.05, 4.69) is 36.4 Å². The first-order valence-corrected chi connectivity index (χ1v) is 11.5. The lowest BCUT2D eigenvalue weighted by Crippen LogP contribution is -2.48. The number of benzene rings is 4. The van der Waals surface area contributed by atoms with Crippen molar-refractivity contribution >= 4 is 11.6 Å². The van der Waals surface area contributed by atoms with E-state index in [0.29, 0.717) is 13.0 Å². The number of para-hydroxylation sites is 1. The van der Waals surface area contributed by atoms with Crippen LogP contribution in [0, 0.1) is 0 Å². The van der Waals surface area contributed by atoms with Gasteiger partial charge in [-0.3, -0.25) is 4.79 Å². The quantitative estimate of drug-likeness (QED) is 0.449. The van der Waals surface area contributed by atoms with Crippen molar-refractivity contribution < 1.29 is 9.90 Å². The molecule has 4 aromatic rings. The fourth-order valence-corrected chi connectivity index (χ4v) is 5.93. The molecule has 4 aromatic carbocycles. The van der Waals surface area contributed by atoms with Crippen LogP contribution >= 0.6 is 0 Å². The maximum Gasteiger partial charge on any atom is 0.243 e. The molecule has 0 radical (unpaired) electrons. The zero-order valence-electron chi connectivity index (χ0n) is 18.3. The van der Waals surface area contributed by atoms with Crippen LogP contribution in [0.4, 0.5) is 5.69 Å². The van der Waals surface area contributed by atoms with Crippen LogP contribution < -0.4 is 4.90 Å². The maximum atomic E-state index is 14.6. The number of anilines is 1. The molecule has 1 amide bonds. The summed E-state index contributed by atoms with van der Waals surface area (Å²) >= 11 is 0. The van der Waals surface area contributed by atoms with Gasteiger partial charge in [-0.15, -0.1) is 0 Å². The second-order valence-corrected chi connectivity index (χ2v) is 9.00. The van der Waals surface area contributed by atoms with Gasteiger partial charge in [0.2, 0.25) is 5.91 Å². The minimum atomic E-state index is -0.872. The highest BCUT2D eigenvalue weighted by Crippen LogP contribution is 2.60. The van der Waals surface area contributed by atoms with Gasteiger partial charge in [-0.05, 0) is 40.3 Å². The molecule has 0 aromatic heterocycles. The lowest BCUT2D eigenvalue weighted by Gasteiger charge is -2.44. The Labute approximate surface area is 193 Å². The molecule has 3 atom stereocenters. The second-order valence-electron chi connectivity index (χ2n) is 9.00. The first-order chi connectivity index (χ1) is 16.2. The van der Waals surface area contributed by atoms with Crippen LogP contribution in [0.15, 0.2) is 109 Å². The summed E-state index contributed by atoms with van der Waals surface area (Å²) in [4.78, 5) is 16.6. The first-order valence-electron chi connectivity index (χ1n) is 11.5. The van der Waals surface area contributed by atoms with E-state index in [0.717, 1.165) is 33.5 Å². The number of amides is 1. The molecule has 0 fully saturated rings. The number of hydrogen-bond acceptors (Lipinski definition) is 2. The van der Waals surface area contributed by atoms with Gasteiger partial charge in [0.05, 0.1) is 12.6 Å². The number of carbonyl (C=O) groups excluding carboxylic acids is 1. The van der Waals surface area contributed by atoms with E-state index in [9.17, 15) is 9.90 Å². The minimum absolute atomic E-state index is 0.0840. The summed E-state index contributed by atoms with van der Waals surface area (Å²) in [6.07, 6.45) is -0.111. The fourth-order valence-electron chi connectivity index (χ4n) is 5.93. The summed E-state index contributed by atoms with van der Waals surface area (Å²) in [5.74, 6) is -0.0845. The minimum Gasteiger partial charge on any atom is -0.388 e. The Morgan fingerprint density at radius 2 is 1.36 bits per heavy atom. The summed E-state index contributed by atoms with van der Waals surface area (Å²) in [5, 5.41) is 11.1. The van der Waals surface area contributed by atoms with Crippen molar-refractivity contribution in [2.24, 2.45) is 0 Å². The lowest BCUT2D eigenvalue weighted by molar-refractivity contribution is -0.123. The molecule has 6 rings (SSSR count). The molecule has 162 valence electrons. The van der Waals surface area contributed by atoms with Crippen molar-refractivity contribution in [3.63, 3.8) is 0 Å². The summed E-state index contributed by atoms with van der Waals surface area (Å²) < 4.78 is 0. The molecule has 3 heteroatoms. The molecule has 1 aliphatic heterocycles. The van der Waals surface area contributed by atoms with Crippen LogP contribution in [0.25, 0.3) is 0 Å². The van der Waals surface area contributed by atoms with Gasteiger partial charge in [0, 0.05) is 11.6 Å². The van der Waals surface area contributed by atoms with Crippen molar-refractivity contribution in [3.8, 4) is 0 Å². The Morgan fingerprint density at radius 3 is 2.12 bits per heavy atom. The van der Waals surface area contributed by atoms with Gasteiger partial charge in [-0.1, -0.05) is 103 Å². The number of hydrogen-bond donors (Lipinski definition) is 1. The number of carbonyl (C=O) groups is 1. The van der Waals surface area contributed by atoms with Crippen LogP contribution in [0.1, 0.15) is 46.3 Å². The van der Waals surface area contributed by atoms with E-state index < -0.39 is 11.5 Å². The highest BCUT2D eigenvalue weighted by molar-refractivity contribution is 6.11. The van der Waals surface area contributed by atoms with Crippen molar-refractivity contribution in [1.82, 2.24) is 0 Å². The molecule has 0 bridgehead atoms. The number of nitrogens with zero attached hydrogens (tertiary/aromatic N) is 1. The number of fused-ring (bicyclic) bond motifs is 4. The molecule has 1 N–H and O–H groups in total. The Balaban J connectivity index is 1.62. The van der Waals surface area contributed by atoms with Crippen LogP contribution in [-0.2, 0) is 16.8 Å². The third-order valence-corrected chi connectivity index (χ3v) is 7.31. The molecule has 0 unspecified atom stereocenters. The SMILES string of the molecule is O=C1N(Cc2ccccc2)c2ccccc2[C@@]12c1ccccc1[C@H](O)C[C@@H]2c1ccccc1. The summed E-state index contributed by atoms with van der Waals surface area (Å²) in [6, 6.07) is 36.5. The van der Waals surface area contributed by atoms with Gasteiger partial charge in [0.25, 0.3) is 0 Å². The molecule has 0 saturated carbocycles. The molecular formula is C30H25NO2. The molecule has 3 nitrogen and oxygen atoms in total. The third kappa shape index (κ3) is 2.89.